The van der Waals surface area contributed by atoms with E-state index in [2.05, 4.69) is 4.98 Å². The van der Waals surface area contributed by atoms with Crippen LogP contribution in [-0.2, 0) is 0 Å². The van der Waals surface area contributed by atoms with E-state index in [0.717, 1.165) is 11.3 Å². The second-order valence-electron chi connectivity index (χ2n) is 5.13. The molecule has 0 unspecified atom stereocenters. The third-order valence-corrected chi connectivity index (χ3v) is 4.77. The van der Waals surface area contributed by atoms with Crippen LogP contribution in [0.15, 0.2) is 24.3 Å². The zero-order valence-corrected chi connectivity index (χ0v) is 13.4. The maximum absolute atomic E-state index is 11.6. The molecule has 9 heteroatoms. The van der Waals surface area contributed by atoms with E-state index in [1.165, 1.54) is 12.1 Å². The predicted molar refractivity (Wildman–Crippen MR) is 94.1 cm³/mol. The van der Waals surface area contributed by atoms with Gasteiger partial charge in [-0.3, -0.25) is 4.79 Å². The Kier molecular flexibility index (Phi) is 3.75. The van der Waals surface area contributed by atoms with E-state index in [1.54, 1.807) is 12.1 Å². The van der Waals surface area contributed by atoms with Gasteiger partial charge in [0, 0.05) is 10.9 Å². The van der Waals surface area contributed by atoms with Crippen LogP contribution >= 0.6 is 11.3 Å². The molecule has 2 aromatic heterocycles. The first-order valence-corrected chi connectivity index (χ1v) is 7.71. The summed E-state index contributed by atoms with van der Waals surface area (Å²) in [6, 6.07) is 7.87. The van der Waals surface area contributed by atoms with Crippen LogP contribution in [0.3, 0.4) is 0 Å². The number of anilines is 2. The molecule has 25 heavy (non-hydrogen) atoms. The highest BCUT2D eigenvalue weighted by molar-refractivity contribution is 7.21. The Balaban J connectivity index is 2.41. The maximum Gasteiger partial charge on any atom is 0.335 e. The number of carboxylic acids is 1. The molecule has 0 saturated carbocycles. The predicted octanol–water partition coefficient (Wildman–Crippen LogP) is 1.80. The van der Waals surface area contributed by atoms with Gasteiger partial charge in [-0.15, -0.1) is 11.3 Å². The number of aromatic nitrogens is 1. The number of carboxylic acid groups (broad SMARTS) is 1. The number of rotatable bonds is 3. The van der Waals surface area contributed by atoms with E-state index in [4.69, 9.17) is 22.3 Å². The molecule has 0 bridgehead atoms. The van der Waals surface area contributed by atoms with Crippen LogP contribution in [0.25, 0.3) is 21.3 Å². The molecule has 0 radical (unpaired) electrons. The van der Waals surface area contributed by atoms with Crippen LogP contribution < -0.4 is 17.2 Å². The summed E-state index contributed by atoms with van der Waals surface area (Å²) in [6.45, 7) is 0. The second kappa shape index (κ2) is 5.77. The van der Waals surface area contributed by atoms with Crippen LogP contribution in [0.5, 0.6) is 0 Å². The molecule has 1 amide bonds. The zero-order chi connectivity index (χ0) is 18.3. The highest BCUT2D eigenvalue weighted by atomic mass is 32.1. The van der Waals surface area contributed by atoms with Gasteiger partial charge in [0.2, 0.25) is 0 Å². The lowest BCUT2D eigenvalue weighted by Crippen LogP contribution is -2.10. The molecule has 2 heterocycles. The van der Waals surface area contributed by atoms with Gasteiger partial charge in [-0.25, -0.2) is 9.78 Å². The van der Waals surface area contributed by atoms with Gasteiger partial charge >= 0.3 is 5.97 Å². The van der Waals surface area contributed by atoms with E-state index in [1.807, 2.05) is 6.07 Å². The Bertz CT molecular complexity index is 1080. The first-order chi connectivity index (χ1) is 11.8. The minimum absolute atomic E-state index is 0.00965. The van der Waals surface area contributed by atoms with Crippen molar-refractivity contribution >= 4 is 44.9 Å². The largest absolute Gasteiger partial charge is 0.478 e. The zero-order valence-electron chi connectivity index (χ0n) is 12.6. The highest BCUT2D eigenvalue weighted by Crippen LogP contribution is 2.42. The minimum Gasteiger partial charge on any atom is -0.478 e. The number of carbonyl (C=O) groups is 2. The molecule has 0 aliphatic carbocycles. The topological polar surface area (TPSA) is 169 Å². The second-order valence-corrected chi connectivity index (χ2v) is 6.13. The van der Waals surface area contributed by atoms with Crippen molar-refractivity contribution in [3.8, 4) is 17.2 Å². The summed E-state index contributed by atoms with van der Waals surface area (Å²) >= 11 is 0.988. The number of fused-ring (bicyclic) bond motifs is 1. The SMILES string of the molecule is N#Cc1c(N)nc2sc(C(N)=O)c(N)c2c1-c1ccc(C(=O)O)cc1. The Morgan fingerprint density at radius 2 is 1.84 bits per heavy atom. The van der Waals surface area contributed by atoms with Crippen molar-refractivity contribution < 1.29 is 14.7 Å². The molecule has 3 aromatic rings. The Morgan fingerprint density at radius 3 is 2.36 bits per heavy atom. The molecule has 0 aliphatic heterocycles. The van der Waals surface area contributed by atoms with Crippen molar-refractivity contribution in [1.29, 1.82) is 5.26 Å². The quantitative estimate of drug-likeness (QED) is 0.556. The number of nitriles is 1. The molecule has 0 spiro atoms. The normalized spacial score (nSPS) is 10.5. The van der Waals surface area contributed by atoms with Gasteiger partial charge in [-0.2, -0.15) is 5.26 Å². The lowest BCUT2D eigenvalue weighted by molar-refractivity contribution is 0.0696. The number of amides is 1. The summed E-state index contributed by atoms with van der Waals surface area (Å²) in [5.41, 5.74) is 18.5. The number of thiophene rings is 1. The Labute approximate surface area is 145 Å². The Hall–Kier alpha value is -3.64. The molecule has 0 aliphatic rings. The number of benzene rings is 1. The number of primary amides is 1. The highest BCUT2D eigenvalue weighted by Gasteiger charge is 2.23. The van der Waals surface area contributed by atoms with E-state index in [9.17, 15) is 14.9 Å². The van der Waals surface area contributed by atoms with Crippen LogP contribution in [0.2, 0.25) is 0 Å². The van der Waals surface area contributed by atoms with Crippen LogP contribution in [-0.4, -0.2) is 22.0 Å². The summed E-state index contributed by atoms with van der Waals surface area (Å²) in [7, 11) is 0. The van der Waals surface area contributed by atoms with Crippen LogP contribution in [0.1, 0.15) is 25.6 Å². The van der Waals surface area contributed by atoms with Gasteiger partial charge in [0.15, 0.2) is 0 Å². The number of hydrogen-bond acceptors (Lipinski definition) is 7. The number of aromatic carboxylic acids is 1. The molecule has 7 N–H and O–H groups in total. The molecule has 3 rings (SSSR count). The van der Waals surface area contributed by atoms with Gasteiger partial charge in [-0.05, 0) is 17.7 Å². The van der Waals surface area contributed by atoms with Crippen molar-refractivity contribution in [1.82, 2.24) is 4.98 Å². The van der Waals surface area contributed by atoms with Crippen molar-refractivity contribution in [2.75, 3.05) is 11.5 Å². The number of pyridine rings is 1. The van der Waals surface area contributed by atoms with Crippen molar-refractivity contribution in [3.05, 3.63) is 40.3 Å². The first-order valence-electron chi connectivity index (χ1n) is 6.90. The summed E-state index contributed by atoms with van der Waals surface area (Å²) in [4.78, 5) is 27.2. The lowest BCUT2D eigenvalue weighted by atomic mass is 9.96. The summed E-state index contributed by atoms with van der Waals surface area (Å²) < 4.78 is 0. The van der Waals surface area contributed by atoms with Gasteiger partial charge in [0.05, 0.1) is 11.3 Å². The number of hydrogen-bond donors (Lipinski definition) is 4. The maximum atomic E-state index is 11.6. The third-order valence-electron chi connectivity index (χ3n) is 3.66. The lowest BCUT2D eigenvalue weighted by Gasteiger charge is -2.10. The van der Waals surface area contributed by atoms with Crippen LogP contribution in [0, 0.1) is 11.3 Å². The monoisotopic (exact) mass is 353 g/mol. The van der Waals surface area contributed by atoms with Crippen LogP contribution in [0.4, 0.5) is 11.5 Å². The van der Waals surface area contributed by atoms with Gasteiger partial charge in [0.25, 0.3) is 5.91 Å². The number of nitrogens with zero attached hydrogens (tertiary/aromatic N) is 2. The molecule has 1 aromatic carbocycles. The Morgan fingerprint density at radius 1 is 1.20 bits per heavy atom. The number of nitrogen functional groups attached to an aromatic ring is 2. The third kappa shape index (κ3) is 2.50. The molecular formula is C16H11N5O3S. The number of nitrogens with two attached hydrogens (primary N) is 3. The van der Waals surface area contributed by atoms with E-state index in [0.29, 0.717) is 21.3 Å². The van der Waals surface area contributed by atoms with E-state index >= 15 is 0 Å². The minimum atomic E-state index is -1.07. The van der Waals surface area contributed by atoms with Crippen molar-refractivity contribution in [2.24, 2.45) is 5.73 Å². The first kappa shape index (κ1) is 16.2. The number of carbonyl (C=O) groups excluding carboxylic acids is 1. The summed E-state index contributed by atoms with van der Waals surface area (Å²) in [6.07, 6.45) is 0. The van der Waals surface area contributed by atoms with E-state index in [-0.39, 0.29) is 27.5 Å². The molecule has 0 atom stereocenters. The van der Waals surface area contributed by atoms with Gasteiger partial charge in [-0.1, -0.05) is 12.1 Å². The molecule has 8 nitrogen and oxygen atoms in total. The van der Waals surface area contributed by atoms with Gasteiger partial charge in [0.1, 0.15) is 27.2 Å². The molecule has 124 valence electrons. The average molecular weight is 353 g/mol. The smallest absolute Gasteiger partial charge is 0.335 e. The van der Waals surface area contributed by atoms with Gasteiger partial charge < -0.3 is 22.3 Å². The molecule has 0 saturated heterocycles. The summed E-state index contributed by atoms with van der Waals surface area (Å²) in [5, 5.41) is 18.9. The fraction of sp³-hybridized carbons (Fsp3) is 0. The fourth-order valence-electron chi connectivity index (χ4n) is 2.53. The van der Waals surface area contributed by atoms with Crippen molar-refractivity contribution in [2.45, 2.75) is 0 Å². The average Bonchev–Trinajstić information content (AvgIpc) is 2.90. The fourth-order valence-corrected chi connectivity index (χ4v) is 3.50. The van der Waals surface area contributed by atoms with E-state index < -0.39 is 11.9 Å². The van der Waals surface area contributed by atoms with Crippen molar-refractivity contribution in [3.63, 3.8) is 0 Å². The standard InChI is InChI=1S/C16H11N5O3S/c17-5-8-9(6-1-3-7(4-2-6)16(23)24)10-11(18)12(14(20)22)25-15(10)21-13(8)19/h1-4H,18H2,(H2,19,21)(H2,20,22)(H,23,24). The summed E-state index contributed by atoms with van der Waals surface area (Å²) in [5.74, 6) is -1.79. The molecule has 0 fully saturated rings. The molecular weight excluding hydrogens is 342 g/mol.